The van der Waals surface area contributed by atoms with Crippen molar-refractivity contribution in [2.45, 2.75) is 83.8 Å². The second-order valence-corrected chi connectivity index (χ2v) is 13.8. The number of hydrogen-bond donors (Lipinski definition) is 1. The quantitative estimate of drug-likeness (QED) is 0.168. The predicted octanol–water partition coefficient (Wildman–Crippen LogP) is 7.80. The molecule has 3 aliphatic heterocycles. The summed E-state index contributed by atoms with van der Waals surface area (Å²) in [5, 5.41) is 3.23. The molecule has 1 saturated carbocycles. The second kappa shape index (κ2) is 11.8. The molecule has 4 unspecified atom stereocenters. The Morgan fingerprint density at radius 2 is 1.24 bits per heavy atom. The molecule has 2 fully saturated rings. The lowest BCUT2D eigenvalue weighted by Gasteiger charge is -2.29. The SMILES string of the molecule is CCCc1ccccc1-c1cc(C)c2c(c1)C=[N+]1C3CCCCC3[N+]3=Cc4cc(-c5ccccc5CCNP)cc(C)c4OC13O2. The Bertz CT molecular complexity index is 1910. The maximum Gasteiger partial charge on any atom is 0.704 e. The van der Waals surface area contributed by atoms with E-state index in [0.717, 1.165) is 72.4 Å². The van der Waals surface area contributed by atoms with Crippen LogP contribution in [0.25, 0.3) is 22.3 Å². The Balaban J connectivity index is 1.25. The molecule has 4 atom stereocenters. The minimum Gasteiger partial charge on any atom is -0.340 e. The van der Waals surface area contributed by atoms with Crippen molar-refractivity contribution in [2.75, 3.05) is 6.54 Å². The zero-order valence-corrected chi connectivity index (χ0v) is 28.3. The van der Waals surface area contributed by atoms with Crippen LogP contribution >= 0.6 is 9.39 Å². The largest absolute Gasteiger partial charge is 0.704 e. The van der Waals surface area contributed by atoms with E-state index in [4.69, 9.17) is 9.47 Å². The first-order chi connectivity index (χ1) is 22.5. The van der Waals surface area contributed by atoms with Crippen LogP contribution in [0.15, 0.2) is 72.8 Å². The van der Waals surface area contributed by atoms with Crippen LogP contribution in [-0.4, -0.2) is 46.2 Å². The molecule has 1 spiro atoms. The molecule has 4 aromatic rings. The monoisotopic (exact) mass is 629 g/mol. The van der Waals surface area contributed by atoms with Gasteiger partial charge in [-0.15, -0.1) is 0 Å². The summed E-state index contributed by atoms with van der Waals surface area (Å²) in [6.07, 6.45) is 12.6. The average Bonchev–Trinajstić information content (AvgIpc) is 3.35. The van der Waals surface area contributed by atoms with E-state index in [9.17, 15) is 0 Å². The van der Waals surface area contributed by atoms with E-state index < -0.39 is 6.03 Å². The van der Waals surface area contributed by atoms with Crippen molar-refractivity contribution in [3.05, 3.63) is 106 Å². The number of nitrogens with zero attached hydrogens (tertiary/aromatic N) is 2. The third-order valence-electron chi connectivity index (χ3n) is 10.4. The van der Waals surface area contributed by atoms with Gasteiger partial charge in [0.2, 0.25) is 12.1 Å². The van der Waals surface area contributed by atoms with E-state index in [1.807, 2.05) is 0 Å². The lowest BCUT2D eigenvalue weighted by molar-refractivity contribution is -0.866. The Morgan fingerprint density at radius 1 is 0.739 bits per heavy atom. The van der Waals surface area contributed by atoms with Crippen molar-refractivity contribution in [1.29, 1.82) is 0 Å². The van der Waals surface area contributed by atoms with Crippen LogP contribution in [0.4, 0.5) is 0 Å². The first kappa shape index (κ1) is 29.6. The summed E-state index contributed by atoms with van der Waals surface area (Å²) in [7, 11) is 2.62. The highest BCUT2D eigenvalue weighted by atomic mass is 31.0. The van der Waals surface area contributed by atoms with Crippen LogP contribution in [0, 0.1) is 13.8 Å². The first-order valence-corrected chi connectivity index (χ1v) is 17.6. The molecule has 4 aromatic carbocycles. The lowest BCUT2D eigenvalue weighted by Crippen LogP contribution is -2.60. The molecule has 1 aliphatic carbocycles. The van der Waals surface area contributed by atoms with Gasteiger partial charge in [0, 0.05) is 19.4 Å². The number of benzene rings is 4. The molecule has 1 saturated heterocycles. The van der Waals surface area contributed by atoms with E-state index in [1.165, 1.54) is 46.2 Å². The highest BCUT2D eigenvalue weighted by Crippen LogP contribution is 2.47. The molecule has 234 valence electrons. The van der Waals surface area contributed by atoms with Gasteiger partial charge in [0.1, 0.15) is 0 Å². The summed E-state index contributed by atoms with van der Waals surface area (Å²) in [6.45, 7) is 7.52. The fourth-order valence-corrected chi connectivity index (χ4v) is 8.49. The molecule has 8 rings (SSSR count). The topological polar surface area (TPSA) is 36.5 Å². The third-order valence-corrected chi connectivity index (χ3v) is 10.7. The minimum absolute atomic E-state index is 0.321. The number of ether oxygens (including phenoxy) is 2. The molecule has 0 radical (unpaired) electrons. The normalized spacial score (nSPS) is 22.3. The fraction of sp³-hybridized carbons (Fsp3) is 0.350. The molecule has 1 N–H and O–H groups in total. The maximum absolute atomic E-state index is 7.19. The Kier molecular flexibility index (Phi) is 7.58. The second-order valence-electron chi connectivity index (χ2n) is 13.4. The van der Waals surface area contributed by atoms with Crippen LogP contribution in [0.1, 0.15) is 72.4 Å². The molecular weight excluding hydrogens is 585 g/mol. The summed E-state index contributed by atoms with van der Waals surface area (Å²) >= 11 is 0. The van der Waals surface area contributed by atoms with Gasteiger partial charge >= 0.3 is 6.03 Å². The number of fused-ring (bicyclic) bond motifs is 5. The molecule has 0 aromatic heterocycles. The van der Waals surface area contributed by atoms with Crippen molar-refractivity contribution in [1.82, 2.24) is 5.09 Å². The van der Waals surface area contributed by atoms with E-state index >= 15 is 0 Å². The standard InChI is InChI=1S/C40H44N3O2P/c1-4-11-28-12-5-7-14-34(28)30-20-26(2)38-32(22-30)24-42-36-16-9-10-17-37(36)43-25-33-23-31(21-27(3)39(33)45-40(42,43)44-38)35-15-8-6-13-29(35)18-19-41-46/h5-8,12-15,20-25,36-37,41H,4,9-11,16-19,46H2,1-3H3/q+2. The molecule has 0 amide bonds. The summed E-state index contributed by atoms with van der Waals surface area (Å²) in [6, 6.07) is 26.4. The van der Waals surface area contributed by atoms with Gasteiger partial charge in [-0.3, -0.25) is 0 Å². The van der Waals surface area contributed by atoms with E-state index in [1.54, 1.807) is 0 Å². The molecule has 0 bridgehead atoms. The first-order valence-electron chi connectivity index (χ1n) is 17.0. The molecule has 6 heteroatoms. The highest BCUT2D eigenvalue weighted by Gasteiger charge is 2.76. The minimum atomic E-state index is -1.03. The van der Waals surface area contributed by atoms with Gasteiger partial charge < -0.3 is 14.6 Å². The molecule has 5 nitrogen and oxygen atoms in total. The predicted molar refractivity (Wildman–Crippen MR) is 190 cm³/mol. The molecule has 3 heterocycles. The van der Waals surface area contributed by atoms with Gasteiger partial charge in [0.25, 0.3) is 0 Å². The third kappa shape index (κ3) is 4.74. The summed E-state index contributed by atoms with van der Waals surface area (Å²) in [5.41, 5.74) is 12.4. The van der Waals surface area contributed by atoms with E-state index in [-0.39, 0.29) is 0 Å². The lowest BCUT2D eigenvalue weighted by atomic mass is 9.90. The number of aryl methyl sites for hydroxylation is 3. The zero-order valence-electron chi connectivity index (χ0n) is 27.2. The summed E-state index contributed by atoms with van der Waals surface area (Å²) in [4.78, 5) is 0. The van der Waals surface area contributed by atoms with Crippen LogP contribution in [0.2, 0.25) is 0 Å². The maximum atomic E-state index is 7.19. The van der Waals surface area contributed by atoms with Crippen LogP contribution < -0.4 is 14.6 Å². The van der Waals surface area contributed by atoms with Gasteiger partial charge in [0.15, 0.2) is 23.9 Å². The van der Waals surface area contributed by atoms with Crippen molar-refractivity contribution in [3.8, 4) is 33.8 Å². The van der Waals surface area contributed by atoms with E-state index in [0.29, 0.717) is 12.1 Å². The van der Waals surface area contributed by atoms with Gasteiger partial charge in [-0.25, -0.2) is 0 Å². The van der Waals surface area contributed by atoms with Gasteiger partial charge in [-0.1, -0.05) is 80.4 Å². The Labute approximate surface area is 275 Å². The number of hydrogen-bond acceptors (Lipinski definition) is 3. The van der Waals surface area contributed by atoms with Crippen molar-refractivity contribution in [3.63, 3.8) is 0 Å². The van der Waals surface area contributed by atoms with Gasteiger partial charge in [-0.2, -0.15) is 0 Å². The van der Waals surface area contributed by atoms with Crippen LogP contribution in [0.3, 0.4) is 0 Å². The van der Waals surface area contributed by atoms with Crippen molar-refractivity contribution in [2.24, 2.45) is 0 Å². The van der Waals surface area contributed by atoms with Gasteiger partial charge in [-0.05, 0) is 108 Å². The highest BCUT2D eigenvalue weighted by molar-refractivity contribution is 7.13. The Morgan fingerprint density at radius 3 is 1.74 bits per heavy atom. The molecular formula is C40H44N3O2P+2. The summed E-state index contributed by atoms with van der Waals surface area (Å²) < 4.78 is 19.2. The van der Waals surface area contributed by atoms with Crippen molar-refractivity contribution < 1.29 is 18.6 Å². The molecule has 4 aliphatic rings. The fourth-order valence-electron chi connectivity index (χ4n) is 8.35. The van der Waals surface area contributed by atoms with Crippen molar-refractivity contribution >= 4 is 21.8 Å². The number of rotatable bonds is 7. The summed E-state index contributed by atoms with van der Waals surface area (Å²) in [5.74, 6) is 1.83. The smallest absolute Gasteiger partial charge is 0.340 e. The molecule has 46 heavy (non-hydrogen) atoms. The van der Waals surface area contributed by atoms with Crippen LogP contribution in [-0.2, 0) is 12.8 Å². The average molecular weight is 630 g/mol. The van der Waals surface area contributed by atoms with Gasteiger partial charge in [0.05, 0.1) is 11.1 Å². The van der Waals surface area contributed by atoms with E-state index in [2.05, 4.69) is 130 Å². The number of nitrogens with one attached hydrogen (secondary N) is 1. The van der Waals surface area contributed by atoms with Crippen LogP contribution in [0.5, 0.6) is 11.5 Å². The zero-order chi connectivity index (χ0) is 31.4. The Hall–Kier alpha value is -3.79.